The summed E-state index contributed by atoms with van der Waals surface area (Å²) in [5, 5.41) is 0.929. The van der Waals surface area contributed by atoms with Crippen LogP contribution in [0.2, 0.25) is 23.2 Å². The molecule has 1 heterocycles. The van der Waals surface area contributed by atoms with Crippen LogP contribution in [0.5, 0.6) is 5.75 Å². The fourth-order valence-electron chi connectivity index (χ4n) is 3.60. The molecule has 0 aromatic heterocycles. The molecule has 2 aromatic rings. The molecule has 5 nitrogen and oxygen atoms in total. The van der Waals surface area contributed by atoms with Gasteiger partial charge in [0.25, 0.3) is 0 Å². The van der Waals surface area contributed by atoms with Gasteiger partial charge in [0.15, 0.2) is 8.32 Å². The Morgan fingerprint density at radius 3 is 2.12 bits per heavy atom. The first kappa shape index (κ1) is 24.9. The van der Waals surface area contributed by atoms with Crippen LogP contribution in [0.3, 0.4) is 0 Å². The Bertz CT molecular complexity index is 845. The Kier molecular flexibility index (Phi) is 8.14. The number of nitrogen functional groups attached to an aromatic ring is 1. The number of anilines is 2. The number of hydrogen-bond acceptors (Lipinski definition) is 5. The van der Waals surface area contributed by atoms with Crippen molar-refractivity contribution in [1.82, 2.24) is 4.90 Å². The molecular weight excluding hydrogens is 438 g/mol. The first-order valence-electron chi connectivity index (χ1n) is 11.4. The molecule has 1 saturated heterocycles. The summed E-state index contributed by atoms with van der Waals surface area (Å²) in [4.78, 5) is 4.91. The molecular formula is C25H38ClN3O2Si. The second-order valence-corrected chi connectivity index (χ2v) is 15.3. The number of rotatable bonds is 8. The van der Waals surface area contributed by atoms with Crippen LogP contribution in [-0.4, -0.2) is 58.7 Å². The number of halogens is 1. The minimum absolute atomic E-state index is 0.0236. The number of nitrogens with zero attached hydrogens (tertiary/aromatic N) is 2. The fourth-order valence-corrected chi connectivity index (χ4v) is 5.05. The standard InChI is InChI=1S/C25H38ClN3O2Si/c1-25(2,3)32(4,5)31-24(19-30-23-12-8-21(27)9-13-23)18-28-14-16-29(17-15-28)22-10-6-20(26)7-11-22/h6-13,24H,14-19,27H2,1-5H3. The van der Waals surface area contributed by atoms with Crippen molar-refractivity contribution in [3.05, 3.63) is 53.6 Å². The molecule has 0 radical (unpaired) electrons. The number of nitrogens with two attached hydrogens (primary N) is 1. The average Bonchev–Trinajstić information content (AvgIpc) is 2.73. The van der Waals surface area contributed by atoms with Gasteiger partial charge in [-0.05, 0) is 66.7 Å². The molecule has 1 atom stereocenters. The summed E-state index contributed by atoms with van der Waals surface area (Å²) in [7, 11) is -1.92. The first-order valence-corrected chi connectivity index (χ1v) is 14.7. The van der Waals surface area contributed by atoms with Crippen LogP contribution in [0.25, 0.3) is 0 Å². The Morgan fingerprint density at radius 2 is 1.56 bits per heavy atom. The zero-order valence-corrected chi connectivity index (χ0v) is 21.9. The monoisotopic (exact) mass is 475 g/mol. The highest BCUT2D eigenvalue weighted by molar-refractivity contribution is 6.74. The Balaban J connectivity index is 1.61. The van der Waals surface area contributed by atoms with Gasteiger partial charge in [-0.25, -0.2) is 0 Å². The van der Waals surface area contributed by atoms with Gasteiger partial charge < -0.3 is 19.8 Å². The molecule has 2 N–H and O–H groups in total. The molecule has 0 aliphatic carbocycles. The number of piperazine rings is 1. The molecule has 0 spiro atoms. The van der Waals surface area contributed by atoms with E-state index < -0.39 is 8.32 Å². The second-order valence-electron chi connectivity index (χ2n) is 10.1. The summed E-state index contributed by atoms with van der Waals surface area (Å²) >= 11 is 6.04. The third-order valence-electron chi connectivity index (χ3n) is 6.61. The lowest BCUT2D eigenvalue weighted by Gasteiger charge is -2.42. The normalized spacial score (nSPS) is 16.8. The largest absolute Gasteiger partial charge is 0.491 e. The predicted molar refractivity (Wildman–Crippen MR) is 139 cm³/mol. The van der Waals surface area contributed by atoms with Gasteiger partial charge in [-0.2, -0.15) is 0 Å². The van der Waals surface area contributed by atoms with E-state index in [4.69, 9.17) is 26.5 Å². The molecule has 1 fully saturated rings. The predicted octanol–water partition coefficient (Wildman–Crippen LogP) is 5.51. The lowest BCUT2D eigenvalue weighted by Crippen LogP contribution is -2.53. The van der Waals surface area contributed by atoms with E-state index in [0.29, 0.717) is 6.61 Å². The van der Waals surface area contributed by atoms with Crippen LogP contribution < -0.4 is 15.4 Å². The van der Waals surface area contributed by atoms with Gasteiger partial charge in [0.1, 0.15) is 12.4 Å². The second kappa shape index (κ2) is 10.5. The van der Waals surface area contributed by atoms with Crippen molar-refractivity contribution in [2.75, 3.05) is 50.0 Å². The third-order valence-corrected chi connectivity index (χ3v) is 11.4. The zero-order valence-electron chi connectivity index (χ0n) is 20.1. The lowest BCUT2D eigenvalue weighted by molar-refractivity contribution is 0.0736. The van der Waals surface area contributed by atoms with Gasteiger partial charge in [-0.15, -0.1) is 0 Å². The SMILES string of the molecule is CC(C)(C)[Si](C)(C)OC(COc1ccc(N)cc1)CN1CCN(c2ccc(Cl)cc2)CC1. The van der Waals surface area contributed by atoms with Gasteiger partial charge in [-0.1, -0.05) is 32.4 Å². The molecule has 1 aliphatic rings. The Labute approximate surface area is 199 Å². The Hall–Kier alpha value is -1.73. The van der Waals surface area contributed by atoms with Crippen molar-refractivity contribution in [2.24, 2.45) is 0 Å². The lowest BCUT2D eigenvalue weighted by atomic mass is 10.2. The molecule has 32 heavy (non-hydrogen) atoms. The van der Waals surface area contributed by atoms with E-state index in [1.165, 1.54) is 5.69 Å². The smallest absolute Gasteiger partial charge is 0.192 e. The summed E-state index contributed by atoms with van der Waals surface area (Å²) in [5.74, 6) is 0.829. The van der Waals surface area contributed by atoms with E-state index in [1.807, 2.05) is 36.4 Å². The highest BCUT2D eigenvalue weighted by Gasteiger charge is 2.39. The zero-order chi connectivity index (χ0) is 23.4. The van der Waals surface area contributed by atoms with Gasteiger partial charge in [0.2, 0.25) is 0 Å². The highest BCUT2D eigenvalue weighted by atomic mass is 35.5. The molecule has 0 bridgehead atoms. The summed E-state index contributed by atoms with van der Waals surface area (Å²) in [6.45, 7) is 16.9. The van der Waals surface area contributed by atoms with Crippen LogP contribution in [0.15, 0.2) is 48.5 Å². The van der Waals surface area contributed by atoms with Crippen LogP contribution in [0.4, 0.5) is 11.4 Å². The minimum Gasteiger partial charge on any atom is -0.491 e. The number of benzene rings is 2. The summed E-state index contributed by atoms with van der Waals surface area (Å²) in [6, 6.07) is 15.7. The van der Waals surface area contributed by atoms with Crippen LogP contribution in [0, 0.1) is 0 Å². The highest BCUT2D eigenvalue weighted by Crippen LogP contribution is 2.37. The van der Waals surface area contributed by atoms with Crippen molar-refractivity contribution >= 4 is 31.3 Å². The molecule has 3 rings (SSSR count). The molecule has 7 heteroatoms. The van der Waals surface area contributed by atoms with Gasteiger partial charge in [0.05, 0.1) is 6.10 Å². The maximum absolute atomic E-state index is 6.79. The molecule has 2 aromatic carbocycles. The topological polar surface area (TPSA) is 51.0 Å². The first-order chi connectivity index (χ1) is 15.0. The molecule has 0 amide bonds. The van der Waals surface area contributed by atoms with Gasteiger partial charge in [-0.3, -0.25) is 4.90 Å². The molecule has 1 aliphatic heterocycles. The molecule has 176 valence electrons. The quantitative estimate of drug-likeness (QED) is 0.402. The summed E-state index contributed by atoms with van der Waals surface area (Å²) in [6.07, 6.45) is 0.0236. The average molecular weight is 476 g/mol. The van der Waals surface area contributed by atoms with E-state index in [0.717, 1.165) is 49.2 Å². The van der Waals surface area contributed by atoms with Crippen molar-refractivity contribution in [2.45, 2.75) is 45.0 Å². The molecule has 0 saturated carbocycles. The van der Waals surface area contributed by atoms with Crippen molar-refractivity contribution in [3.8, 4) is 5.75 Å². The fraction of sp³-hybridized carbons (Fsp3) is 0.520. The van der Waals surface area contributed by atoms with Crippen LogP contribution in [0.1, 0.15) is 20.8 Å². The molecule has 1 unspecified atom stereocenters. The number of ether oxygens (including phenoxy) is 1. The van der Waals surface area contributed by atoms with Crippen molar-refractivity contribution in [3.63, 3.8) is 0 Å². The maximum atomic E-state index is 6.79. The summed E-state index contributed by atoms with van der Waals surface area (Å²) < 4.78 is 12.9. The van der Waals surface area contributed by atoms with Crippen molar-refractivity contribution < 1.29 is 9.16 Å². The van der Waals surface area contributed by atoms with E-state index in [9.17, 15) is 0 Å². The third kappa shape index (κ3) is 6.88. The summed E-state index contributed by atoms with van der Waals surface area (Å²) in [5.41, 5.74) is 7.78. The van der Waals surface area contributed by atoms with Crippen molar-refractivity contribution in [1.29, 1.82) is 0 Å². The Morgan fingerprint density at radius 1 is 0.969 bits per heavy atom. The van der Waals surface area contributed by atoms with E-state index in [-0.39, 0.29) is 11.1 Å². The maximum Gasteiger partial charge on any atom is 0.192 e. The number of hydrogen-bond donors (Lipinski definition) is 1. The minimum atomic E-state index is -1.92. The van der Waals surface area contributed by atoms with E-state index >= 15 is 0 Å². The van der Waals surface area contributed by atoms with Crippen LogP contribution >= 0.6 is 11.6 Å². The van der Waals surface area contributed by atoms with E-state index in [2.05, 4.69) is 55.8 Å². The van der Waals surface area contributed by atoms with Crippen LogP contribution in [-0.2, 0) is 4.43 Å². The van der Waals surface area contributed by atoms with E-state index in [1.54, 1.807) is 0 Å². The van der Waals surface area contributed by atoms with Gasteiger partial charge >= 0.3 is 0 Å². The van der Waals surface area contributed by atoms with Gasteiger partial charge in [0, 0.05) is 49.1 Å².